The molecule has 3 aromatic rings. The number of aromatic nitrogens is 2. The number of hydrogen-bond acceptors (Lipinski definition) is 6. The normalized spacial score (nSPS) is 20.4. The lowest BCUT2D eigenvalue weighted by molar-refractivity contribution is -0.150. The van der Waals surface area contributed by atoms with Gasteiger partial charge in [0.15, 0.2) is 5.76 Å². The Balaban J connectivity index is 1.28. The van der Waals surface area contributed by atoms with Crippen LogP contribution in [0.15, 0.2) is 41.3 Å². The van der Waals surface area contributed by atoms with E-state index in [0.717, 1.165) is 10.9 Å². The van der Waals surface area contributed by atoms with Crippen LogP contribution < -0.4 is 4.74 Å². The van der Waals surface area contributed by atoms with Crippen LogP contribution in [0.2, 0.25) is 0 Å². The highest BCUT2D eigenvalue weighted by molar-refractivity contribution is 5.99. The van der Waals surface area contributed by atoms with E-state index in [0.29, 0.717) is 56.0 Å². The molecule has 0 N–H and O–H groups in total. The summed E-state index contributed by atoms with van der Waals surface area (Å²) in [6.45, 7) is 3.51. The van der Waals surface area contributed by atoms with E-state index in [1.165, 1.54) is 0 Å². The summed E-state index contributed by atoms with van der Waals surface area (Å²) in [7, 11) is 1.60. The number of aryl methyl sites for hydroxylation is 1. The van der Waals surface area contributed by atoms with Crippen molar-refractivity contribution in [2.75, 3.05) is 20.2 Å². The monoisotopic (exact) mass is 423 g/mol. The molecule has 1 atom stereocenters. The van der Waals surface area contributed by atoms with E-state index < -0.39 is 5.41 Å². The molecule has 5 rings (SSSR count). The molecule has 0 saturated carbocycles. The molecule has 8 heteroatoms. The minimum atomic E-state index is -0.502. The Morgan fingerprint density at radius 2 is 2.13 bits per heavy atom. The maximum Gasteiger partial charge on any atom is 0.312 e. The van der Waals surface area contributed by atoms with Crippen molar-refractivity contribution in [2.45, 2.75) is 38.8 Å². The van der Waals surface area contributed by atoms with Crippen molar-refractivity contribution in [1.29, 1.82) is 0 Å². The SMILES string of the molecule is COc1ccc2c(C)c(C(=O)N3CCC4(CC3)CC(Cn3ccnc3)OC4=O)oc2c1. The summed E-state index contributed by atoms with van der Waals surface area (Å²) >= 11 is 0. The molecule has 1 aromatic carbocycles. The number of benzene rings is 1. The highest BCUT2D eigenvalue weighted by Gasteiger charge is 2.51. The van der Waals surface area contributed by atoms with E-state index >= 15 is 0 Å². The molecule has 0 aliphatic carbocycles. The van der Waals surface area contributed by atoms with Crippen LogP contribution in [-0.2, 0) is 16.1 Å². The molecule has 1 amide bonds. The molecule has 8 nitrogen and oxygen atoms in total. The van der Waals surface area contributed by atoms with Gasteiger partial charge in [-0.25, -0.2) is 4.98 Å². The summed E-state index contributed by atoms with van der Waals surface area (Å²) in [4.78, 5) is 31.7. The second kappa shape index (κ2) is 7.44. The number of furan rings is 1. The average Bonchev–Trinajstić information content (AvgIpc) is 3.47. The van der Waals surface area contributed by atoms with Crippen molar-refractivity contribution in [3.8, 4) is 5.75 Å². The molecule has 2 aliphatic rings. The molecule has 2 aromatic heterocycles. The van der Waals surface area contributed by atoms with Gasteiger partial charge in [-0.05, 0) is 31.9 Å². The third-order valence-corrected chi connectivity index (χ3v) is 6.65. The molecule has 0 bridgehead atoms. The summed E-state index contributed by atoms with van der Waals surface area (Å²) in [5.74, 6) is 0.761. The molecule has 2 saturated heterocycles. The van der Waals surface area contributed by atoms with Crippen LogP contribution in [0.4, 0.5) is 0 Å². The molecule has 0 radical (unpaired) electrons. The average molecular weight is 423 g/mol. The summed E-state index contributed by atoms with van der Waals surface area (Å²) < 4.78 is 18.7. The summed E-state index contributed by atoms with van der Waals surface area (Å²) in [5, 5.41) is 0.902. The van der Waals surface area contributed by atoms with Gasteiger partial charge < -0.3 is 23.4 Å². The van der Waals surface area contributed by atoms with Gasteiger partial charge >= 0.3 is 5.97 Å². The predicted molar refractivity (Wildman–Crippen MR) is 112 cm³/mol. The molecule has 4 heterocycles. The number of carbonyl (C=O) groups excluding carboxylic acids is 2. The first-order valence-corrected chi connectivity index (χ1v) is 10.5. The summed E-state index contributed by atoms with van der Waals surface area (Å²) in [6.07, 6.45) is 7.03. The fourth-order valence-corrected chi connectivity index (χ4v) is 4.80. The largest absolute Gasteiger partial charge is 0.497 e. The highest BCUT2D eigenvalue weighted by atomic mass is 16.6. The lowest BCUT2D eigenvalue weighted by Gasteiger charge is -2.36. The number of likely N-dealkylation sites (tertiary alicyclic amines) is 1. The molecule has 2 fully saturated rings. The number of imidazole rings is 1. The zero-order chi connectivity index (χ0) is 21.6. The van der Waals surface area contributed by atoms with Crippen molar-refractivity contribution in [1.82, 2.24) is 14.5 Å². The zero-order valence-electron chi connectivity index (χ0n) is 17.7. The number of ether oxygens (including phenoxy) is 2. The number of cyclic esters (lactones) is 1. The Hall–Kier alpha value is -3.29. The molecular weight excluding hydrogens is 398 g/mol. The van der Waals surface area contributed by atoms with Gasteiger partial charge in [0.05, 0.1) is 25.4 Å². The van der Waals surface area contributed by atoms with Crippen LogP contribution in [0.1, 0.15) is 35.4 Å². The Kier molecular flexibility index (Phi) is 4.72. The molecule has 1 spiro atoms. The Morgan fingerprint density at radius 3 is 2.84 bits per heavy atom. The first-order chi connectivity index (χ1) is 15.0. The summed E-state index contributed by atoms with van der Waals surface area (Å²) in [6, 6.07) is 5.55. The van der Waals surface area contributed by atoms with Gasteiger partial charge in [-0.2, -0.15) is 0 Å². The molecule has 2 aliphatic heterocycles. The topological polar surface area (TPSA) is 86.8 Å². The number of hydrogen-bond donors (Lipinski definition) is 0. The number of rotatable bonds is 4. The van der Waals surface area contributed by atoms with Crippen LogP contribution in [0.3, 0.4) is 0 Å². The zero-order valence-corrected chi connectivity index (χ0v) is 17.7. The van der Waals surface area contributed by atoms with Crippen LogP contribution in [0.25, 0.3) is 11.0 Å². The van der Waals surface area contributed by atoms with E-state index in [9.17, 15) is 9.59 Å². The summed E-state index contributed by atoms with van der Waals surface area (Å²) in [5.41, 5.74) is 0.956. The number of piperidine rings is 1. The maximum absolute atomic E-state index is 13.2. The van der Waals surface area contributed by atoms with E-state index in [-0.39, 0.29) is 18.0 Å². The number of esters is 1. The Morgan fingerprint density at radius 1 is 1.32 bits per heavy atom. The Bertz CT molecular complexity index is 1130. The molecule has 31 heavy (non-hydrogen) atoms. The third-order valence-electron chi connectivity index (χ3n) is 6.65. The number of amides is 1. The standard InChI is InChI=1S/C23H25N3O5/c1-15-18-4-3-16(29-2)11-19(18)31-20(15)21(27)26-8-5-23(6-9-26)12-17(30-22(23)28)13-25-10-7-24-14-25/h3-4,7,10-11,14,17H,5-6,8-9,12-13H2,1-2H3. The van der Waals surface area contributed by atoms with E-state index in [2.05, 4.69) is 4.98 Å². The van der Waals surface area contributed by atoms with E-state index in [1.807, 2.05) is 29.8 Å². The smallest absolute Gasteiger partial charge is 0.312 e. The van der Waals surface area contributed by atoms with Crippen LogP contribution in [0.5, 0.6) is 5.75 Å². The van der Waals surface area contributed by atoms with Crippen LogP contribution >= 0.6 is 0 Å². The second-order valence-corrected chi connectivity index (χ2v) is 8.48. The fraction of sp³-hybridized carbons (Fsp3) is 0.435. The van der Waals surface area contributed by atoms with Crippen LogP contribution in [-0.4, -0.2) is 52.6 Å². The lowest BCUT2D eigenvalue weighted by atomic mass is 9.76. The van der Waals surface area contributed by atoms with Gasteiger partial charge in [0.1, 0.15) is 17.4 Å². The lowest BCUT2D eigenvalue weighted by Crippen LogP contribution is -2.45. The minimum absolute atomic E-state index is 0.135. The minimum Gasteiger partial charge on any atom is -0.497 e. The number of carbonyl (C=O) groups is 2. The fourth-order valence-electron chi connectivity index (χ4n) is 4.80. The second-order valence-electron chi connectivity index (χ2n) is 8.48. The predicted octanol–water partition coefficient (Wildman–Crippen LogP) is 3.18. The number of methoxy groups -OCH3 is 1. The van der Waals surface area contributed by atoms with Gasteiger partial charge in [0, 0.05) is 48.9 Å². The first kappa shape index (κ1) is 19.7. The van der Waals surface area contributed by atoms with Crippen molar-refractivity contribution in [3.05, 3.63) is 48.2 Å². The van der Waals surface area contributed by atoms with Crippen molar-refractivity contribution < 1.29 is 23.5 Å². The highest BCUT2D eigenvalue weighted by Crippen LogP contribution is 2.44. The molecule has 162 valence electrons. The number of nitrogens with zero attached hydrogens (tertiary/aromatic N) is 3. The van der Waals surface area contributed by atoms with Gasteiger partial charge in [-0.1, -0.05) is 0 Å². The third kappa shape index (κ3) is 3.36. The maximum atomic E-state index is 13.2. The van der Waals surface area contributed by atoms with Gasteiger partial charge in [0.25, 0.3) is 5.91 Å². The number of fused-ring (bicyclic) bond motifs is 1. The van der Waals surface area contributed by atoms with Crippen LogP contribution in [0, 0.1) is 12.3 Å². The Labute approximate surface area is 179 Å². The van der Waals surface area contributed by atoms with Crippen molar-refractivity contribution in [2.24, 2.45) is 5.41 Å². The van der Waals surface area contributed by atoms with Gasteiger partial charge in [-0.3, -0.25) is 9.59 Å². The molecule has 1 unspecified atom stereocenters. The van der Waals surface area contributed by atoms with Crippen molar-refractivity contribution >= 4 is 22.8 Å². The van der Waals surface area contributed by atoms with Crippen molar-refractivity contribution in [3.63, 3.8) is 0 Å². The van der Waals surface area contributed by atoms with Gasteiger partial charge in [-0.15, -0.1) is 0 Å². The first-order valence-electron chi connectivity index (χ1n) is 10.5. The van der Waals surface area contributed by atoms with E-state index in [4.69, 9.17) is 13.9 Å². The van der Waals surface area contributed by atoms with E-state index in [1.54, 1.807) is 30.6 Å². The quantitative estimate of drug-likeness (QED) is 0.599. The van der Waals surface area contributed by atoms with Gasteiger partial charge in [0.2, 0.25) is 0 Å². The molecular formula is C23H25N3O5.